The minimum absolute atomic E-state index is 0.364. The van der Waals surface area contributed by atoms with Crippen LogP contribution in [0.25, 0.3) is 5.69 Å². The Morgan fingerprint density at radius 1 is 1.09 bits per heavy atom. The number of methoxy groups -OCH3 is 1. The lowest BCUT2D eigenvalue weighted by atomic mass is 10.2. The summed E-state index contributed by atoms with van der Waals surface area (Å²) in [5.74, 6) is 0.370. The molecule has 7 nitrogen and oxygen atoms in total. The van der Waals surface area contributed by atoms with Crippen LogP contribution in [0.1, 0.15) is 10.4 Å². The van der Waals surface area contributed by atoms with E-state index in [4.69, 9.17) is 9.47 Å². The molecule has 0 amide bonds. The third kappa shape index (κ3) is 2.78. The summed E-state index contributed by atoms with van der Waals surface area (Å²) >= 11 is 0. The highest BCUT2D eigenvalue weighted by atomic mass is 16.6. The normalized spacial score (nSPS) is 10.2. The first-order chi connectivity index (χ1) is 10.8. The Balaban J connectivity index is 1.85. The van der Waals surface area contributed by atoms with Gasteiger partial charge in [-0.2, -0.15) is 0 Å². The molecule has 0 saturated carbocycles. The molecule has 0 aliphatic carbocycles. The van der Waals surface area contributed by atoms with E-state index < -0.39 is 5.97 Å². The van der Waals surface area contributed by atoms with Gasteiger partial charge in [-0.1, -0.05) is 18.2 Å². The summed E-state index contributed by atoms with van der Waals surface area (Å²) in [5.41, 5.74) is 1.05. The second kappa shape index (κ2) is 6.04. The first kappa shape index (κ1) is 13.7. The molecule has 0 aliphatic rings. The van der Waals surface area contributed by atoms with E-state index in [-0.39, 0.29) is 0 Å². The first-order valence-electron chi connectivity index (χ1n) is 6.46. The third-order valence-corrected chi connectivity index (χ3v) is 2.97. The number of rotatable bonds is 4. The predicted molar refractivity (Wildman–Crippen MR) is 77.1 cm³/mol. The molecule has 0 bridgehead atoms. The van der Waals surface area contributed by atoms with E-state index >= 15 is 0 Å². The number of carbonyl (C=O) groups is 1. The van der Waals surface area contributed by atoms with E-state index in [2.05, 4.69) is 15.5 Å². The van der Waals surface area contributed by atoms with E-state index in [0.29, 0.717) is 22.7 Å². The molecule has 0 saturated heterocycles. The Labute approximate surface area is 126 Å². The van der Waals surface area contributed by atoms with Gasteiger partial charge < -0.3 is 9.47 Å². The van der Waals surface area contributed by atoms with E-state index in [1.807, 2.05) is 0 Å². The van der Waals surface area contributed by atoms with E-state index in [1.165, 1.54) is 18.1 Å². The number of esters is 1. The Kier molecular flexibility index (Phi) is 3.78. The second-order valence-corrected chi connectivity index (χ2v) is 4.35. The maximum absolute atomic E-state index is 12.3. The largest absolute Gasteiger partial charge is 0.493 e. The minimum Gasteiger partial charge on any atom is -0.493 e. The summed E-state index contributed by atoms with van der Waals surface area (Å²) in [7, 11) is 1.52. The smallest absolute Gasteiger partial charge is 0.343 e. The number of para-hydroxylation sites is 2. The number of aromatic nitrogens is 4. The van der Waals surface area contributed by atoms with Gasteiger partial charge in [0.15, 0.2) is 11.5 Å². The monoisotopic (exact) mass is 296 g/mol. The third-order valence-electron chi connectivity index (χ3n) is 2.97. The molecule has 0 unspecified atom stereocenters. The molecule has 7 heteroatoms. The van der Waals surface area contributed by atoms with E-state index in [9.17, 15) is 4.79 Å². The lowest BCUT2D eigenvalue weighted by Crippen LogP contribution is -2.10. The van der Waals surface area contributed by atoms with Crippen molar-refractivity contribution in [2.45, 2.75) is 0 Å². The zero-order valence-electron chi connectivity index (χ0n) is 11.7. The number of benzene rings is 2. The molecule has 1 heterocycles. The quantitative estimate of drug-likeness (QED) is 0.540. The standard InChI is InChI=1S/C15H12N4O3/c1-21-13-7-2-3-8-14(13)22-15(20)11-5-4-6-12(9-11)19-10-16-17-18-19/h2-10H,1H3. The summed E-state index contributed by atoms with van der Waals surface area (Å²) < 4.78 is 12.0. The van der Waals surface area contributed by atoms with Gasteiger partial charge in [0.25, 0.3) is 0 Å². The highest BCUT2D eigenvalue weighted by Crippen LogP contribution is 2.26. The van der Waals surface area contributed by atoms with Crippen molar-refractivity contribution < 1.29 is 14.3 Å². The Morgan fingerprint density at radius 3 is 2.64 bits per heavy atom. The lowest BCUT2D eigenvalue weighted by molar-refractivity contribution is 0.0729. The fourth-order valence-corrected chi connectivity index (χ4v) is 1.92. The molecule has 0 atom stereocenters. The van der Waals surface area contributed by atoms with Crippen molar-refractivity contribution in [1.82, 2.24) is 20.2 Å². The van der Waals surface area contributed by atoms with Crippen LogP contribution in [0.3, 0.4) is 0 Å². The molecule has 3 aromatic rings. The van der Waals surface area contributed by atoms with Gasteiger partial charge in [0, 0.05) is 0 Å². The molecule has 1 aromatic heterocycles. The minimum atomic E-state index is -0.487. The van der Waals surface area contributed by atoms with Crippen LogP contribution < -0.4 is 9.47 Å². The van der Waals surface area contributed by atoms with Gasteiger partial charge in [-0.15, -0.1) is 5.10 Å². The number of tetrazole rings is 1. The molecule has 0 aliphatic heterocycles. The number of hydrogen-bond donors (Lipinski definition) is 0. The molecule has 0 fully saturated rings. The van der Waals surface area contributed by atoms with Crippen molar-refractivity contribution in [3.05, 3.63) is 60.4 Å². The number of nitrogens with zero attached hydrogens (tertiary/aromatic N) is 4. The first-order valence-corrected chi connectivity index (χ1v) is 6.46. The second-order valence-electron chi connectivity index (χ2n) is 4.35. The Hall–Kier alpha value is -3.22. The van der Waals surface area contributed by atoms with Crippen LogP contribution in [0.4, 0.5) is 0 Å². The molecule has 22 heavy (non-hydrogen) atoms. The average molecular weight is 296 g/mol. The summed E-state index contributed by atoms with van der Waals surface area (Å²) in [6.07, 6.45) is 1.45. The van der Waals surface area contributed by atoms with Crippen molar-refractivity contribution in [2.24, 2.45) is 0 Å². The molecular formula is C15H12N4O3. The molecule has 0 radical (unpaired) electrons. The molecule has 110 valence electrons. The summed E-state index contributed by atoms with van der Waals surface area (Å²) in [6, 6.07) is 13.8. The summed E-state index contributed by atoms with van der Waals surface area (Å²) in [5, 5.41) is 10.9. The Bertz CT molecular complexity index is 787. The summed E-state index contributed by atoms with van der Waals surface area (Å²) in [6.45, 7) is 0. The number of carbonyl (C=O) groups excluding carboxylic acids is 1. The fourth-order valence-electron chi connectivity index (χ4n) is 1.92. The van der Waals surface area contributed by atoms with E-state index in [0.717, 1.165) is 0 Å². The molecule has 3 rings (SSSR count). The predicted octanol–water partition coefficient (Wildman–Crippen LogP) is 1.89. The van der Waals surface area contributed by atoms with Gasteiger partial charge in [-0.3, -0.25) is 0 Å². The maximum Gasteiger partial charge on any atom is 0.343 e. The van der Waals surface area contributed by atoms with Crippen molar-refractivity contribution in [2.75, 3.05) is 7.11 Å². The van der Waals surface area contributed by atoms with Gasteiger partial charge in [-0.05, 0) is 40.8 Å². The molecule has 2 aromatic carbocycles. The maximum atomic E-state index is 12.3. The highest BCUT2D eigenvalue weighted by molar-refractivity contribution is 5.91. The number of hydrogen-bond acceptors (Lipinski definition) is 6. The van der Waals surface area contributed by atoms with Crippen LogP contribution in [0.15, 0.2) is 54.9 Å². The number of ether oxygens (including phenoxy) is 2. The van der Waals surface area contributed by atoms with Crippen molar-refractivity contribution in [3.8, 4) is 17.2 Å². The average Bonchev–Trinajstić information content (AvgIpc) is 3.10. The molecule has 0 spiro atoms. The van der Waals surface area contributed by atoms with Crippen LogP contribution in [-0.4, -0.2) is 33.3 Å². The van der Waals surface area contributed by atoms with Crippen LogP contribution in [0, 0.1) is 0 Å². The van der Waals surface area contributed by atoms with Crippen molar-refractivity contribution in [1.29, 1.82) is 0 Å². The van der Waals surface area contributed by atoms with E-state index in [1.54, 1.807) is 48.5 Å². The van der Waals surface area contributed by atoms with Gasteiger partial charge in [0.2, 0.25) is 0 Å². The SMILES string of the molecule is COc1ccccc1OC(=O)c1cccc(-n2cnnn2)c1. The van der Waals surface area contributed by atoms with Crippen molar-refractivity contribution >= 4 is 5.97 Å². The van der Waals surface area contributed by atoms with Crippen LogP contribution in [-0.2, 0) is 0 Å². The highest BCUT2D eigenvalue weighted by Gasteiger charge is 2.13. The Morgan fingerprint density at radius 2 is 1.91 bits per heavy atom. The molecule has 0 N–H and O–H groups in total. The van der Waals surface area contributed by atoms with Crippen LogP contribution in [0.5, 0.6) is 11.5 Å². The van der Waals surface area contributed by atoms with Gasteiger partial charge in [0.1, 0.15) is 6.33 Å². The summed E-state index contributed by atoms with van der Waals surface area (Å²) in [4.78, 5) is 12.3. The van der Waals surface area contributed by atoms with Crippen LogP contribution in [0.2, 0.25) is 0 Å². The zero-order chi connectivity index (χ0) is 15.4. The molecular weight excluding hydrogens is 284 g/mol. The van der Waals surface area contributed by atoms with Gasteiger partial charge >= 0.3 is 5.97 Å². The van der Waals surface area contributed by atoms with Crippen LogP contribution >= 0.6 is 0 Å². The topological polar surface area (TPSA) is 79.1 Å². The van der Waals surface area contributed by atoms with Gasteiger partial charge in [0.05, 0.1) is 18.4 Å². The van der Waals surface area contributed by atoms with Crippen molar-refractivity contribution in [3.63, 3.8) is 0 Å². The van der Waals surface area contributed by atoms with Gasteiger partial charge in [-0.25, -0.2) is 9.48 Å². The lowest BCUT2D eigenvalue weighted by Gasteiger charge is -2.09. The fraction of sp³-hybridized carbons (Fsp3) is 0.0667. The zero-order valence-corrected chi connectivity index (χ0v) is 11.7.